The van der Waals surface area contributed by atoms with Gasteiger partial charge < -0.3 is 11.1 Å². The minimum absolute atomic E-state index is 0.183. The molecule has 1 heterocycles. The van der Waals surface area contributed by atoms with Crippen LogP contribution in [-0.4, -0.2) is 33.1 Å². The third-order valence-electron chi connectivity index (χ3n) is 5.81. The van der Waals surface area contributed by atoms with Gasteiger partial charge in [0.2, 0.25) is 0 Å². The van der Waals surface area contributed by atoms with Gasteiger partial charge in [-0.25, -0.2) is 0 Å². The number of hydrogen-bond donors (Lipinski definition) is 2. The molecule has 0 saturated carbocycles. The van der Waals surface area contributed by atoms with Gasteiger partial charge in [0.1, 0.15) is 0 Å². The van der Waals surface area contributed by atoms with E-state index in [0.29, 0.717) is 16.8 Å². The summed E-state index contributed by atoms with van der Waals surface area (Å²) in [5, 5.41) is 4.00. The van der Waals surface area contributed by atoms with Crippen LogP contribution < -0.4 is 11.1 Å². The maximum Gasteiger partial charge on any atom is 0.0366 e. The Morgan fingerprint density at radius 2 is 1.53 bits per heavy atom. The summed E-state index contributed by atoms with van der Waals surface area (Å²) in [4.78, 5) is 0. The Kier molecular flexibility index (Phi) is 8.82. The number of rotatable bonds is 8. The summed E-state index contributed by atoms with van der Waals surface area (Å²) in [5.41, 5.74) is 12.4. The van der Waals surface area contributed by atoms with Gasteiger partial charge in [0, 0.05) is 39.1 Å². The first-order valence-electron chi connectivity index (χ1n) is 11.9. The van der Waals surface area contributed by atoms with Crippen molar-refractivity contribution in [1.29, 1.82) is 0 Å². The largest absolute Gasteiger partial charge is 0.327 e. The fourth-order valence-corrected chi connectivity index (χ4v) is 6.01. The Hall–Kier alpha value is -0.940. The van der Waals surface area contributed by atoms with E-state index < -0.39 is 0 Å². The summed E-state index contributed by atoms with van der Waals surface area (Å²) in [7, 11) is 0. The number of thioether (sulfide) groups is 2. The highest BCUT2D eigenvalue weighted by atomic mass is 32.2. The zero-order valence-corrected chi connectivity index (χ0v) is 22.4. The van der Waals surface area contributed by atoms with Crippen LogP contribution in [0, 0.1) is 0 Å². The first-order valence-corrected chi connectivity index (χ1v) is 13.9. The van der Waals surface area contributed by atoms with Crippen LogP contribution in [0.3, 0.4) is 0 Å². The summed E-state index contributed by atoms with van der Waals surface area (Å²) in [6.45, 7) is 13.7. The van der Waals surface area contributed by atoms with Crippen molar-refractivity contribution in [3.8, 4) is 0 Å². The van der Waals surface area contributed by atoms with E-state index in [1.807, 2.05) is 11.8 Å². The molecular weight excluding hydrogens is 428 g/mol. The zero-order chi connectivity index (χ0) is 23.4. The third-order valence-corrected chi connectivity index (χ3v) is 8.70. The predicted octanol–water partition coefficient (Wildman–Crippen LogP) is 6.42. The van der Waals surface area contributed by atoms with Gasteiger partial charge in [-0.1, -0.05) is 90.1 Å². The van der Waals surface area contributed by atoms with Crippen molar-refractivity contribution >= 4 is 23.5 Å². The lowest BCUT2D eigenvalue weighted by Crippen LogP contribution is -2.42. The molecule has 3 N–H and O–H groups in total. The Morgan fingerprint density at radius 1 is 0.906 bits per heavy atom. The molecule has 4 heteroatoms. The molecule has 0 aromatic heterocycles. The van der Waals surface area contributed by atoms with E-state index in [2.05, 4.69) is 107 Å². The van der Waals surface area contributed by atoms with Crippen LogP contribution in [0.1, 0.15) is 69.8 Å². The van der Waals surface area contributed by atoms with Crippen molar-refractivity contribution in [2.75, 3.05) is 11.5 Å². The number of hydrogen-bond acceptors (Lipinski definition) is 4. The van der Waals surface area contributed by atoms with Gasteiger partial charge >= 0.3 is 0 Å². The molecule has 1 aliphatic rings. The average molecular weight is 471 g/mol. The number of nitrogens with two attached hydrogens (primary N) is 1. The molecule has 0 fully saturated rings. The molecule has 2 aromatic carbocycles. The molecule has 0 amide bonds. The molecule has 1 aliphatic heterocycles. The quantitative estimate of drug-likeness (QED) is 0.467. The molecule has 0 unspecified atom stereocenters. The van der Waals surface area contributed by atoms with Crippen LogP contribution in [-0.2, 0) is 19.3 Å². The zero-order valence-electron chi connectivity index (χ0n) is 20.8. The highest BCUT2D eigenvalue weighted by Gasteiger charge is 2.28. The smallest absolute Gasteiger partial charge is 0.0366 e. The predicted molar refractivity (Wildman–Crippen MR) is 146 cm³/mol. The molecule has 2 nitrogen and oxygen atoms in total. The van der Waals surface area contributed by atoms with Gasteiger partial charge in [0.15, 0.2) is 0 Å². The second kappa shape index (κ2) is 11.0. The maximum absolute atomic E-state index is 6.55. The Morgan fingerprint density at radius 3 is 2.22 bits per heavy atom. The number of benzene rings is 2. The lowest BCUT2D eigenvalue weighted by atomic mass is 9.86. The van der Waals surface area contributed by atoms with Gasteiger partial charge in [-0.15, -0.1) is 0 Å². The van der Waals surface area contributed by atoms with E-state index >= 15 is 0 Å². The maximum atomic E-state index is 6.55. The van der Waals surface area contributed by atoms with Crippen LogP contribution in [0.2, 0.25) is 0 Å². The number of fused-ring (bicyclic) bond motifs is 1. The summed E-state index contributed by atoms with van der Waals surface area (Å²) in [6, 6.07) is 19.0. The van der Waals surface area contributed by atoms with Crippen molar-refractivity contribution in [3.63, 3.8) is 0 Å². The van der Waals surface area contributed by atoms with E-state index in [1.165, 1.54) is 22.3 Å². The van der Waals surface area contributed by atoms with Gasteiger partial charge in [0.25, 0.3) is 0 Å². The summed E-state index contributed by atoms with van der Waals surface area (Å²) in [6.07, 6.45) is 3.08. The summed E-state index contributed by atoms with van der Waals surface area (Å²) >= 11 is 4.02. The minimum atomic E-state index is 0.183. The molecule has 0 spiro atoms. The SMILES string of the molecule is CC(C)(C)SC[C@@H](N)Cc1ccccc1C[C@H]1N[C@H](CSC(C)(C)C)Cc2ccccc21. The fraction of sp³-hybridized carbons (Fsp3) is 0.571. The second-order valence-electron chi connectivity index (χ2n) is 11.1. The average Bonchev–Trinajstić information content (AvgIpc) is 2.71. The van der Waals surface area contributed by atoms with Crippen LogP contribution in [0.4, 0.5) is 0 Å². The van der Waals surface area contributed by atoms with E-state index in [-0.39, 0.29) is 10.8 Å². The fourth-order valence-electron chi connectivity index (χ4n) is 4.26. The van der Waals surface area contributed by atoms with Crippen molar-refractivity contribution in [3.05, 3.63) is 70.8 Å². The standard InChI is InChI=1S/C28H42N2S2/c1-27(2,3)31-18-23(29)15-20-11-7-8-12-21(20)17-26-25-14-10-9-13-22(25)16-24(30-26)19-32-28(4,5)6/h7-14,23-24,26,30H,15-19,29H2,1-6H3/t23-,24-,26+/m0/s1. The third kappa shape index (κ3) is 8.13. The topological polar surface area (TPSA) is 38.0 Å². The first-order chi connectivity index (χ1) is 15.0. The Labute approximate surface area is 204 Å². The lowest BCUT2D eigenvalue weighted by Gasteiger charge is -2.35. The molecule has 0 radical (unpaired) electrons. The monoisotopic (exact) mass is 470 g/mol. The van der Waals surface area contributed by atoms with Crippen LogP contribution in [0.25, 0.3) is 0 Å². The van der Waals surface area contributed by atoms with Crippen molar-refractivity contribution in [1.82, 2.24) is 5.32 Å². The van der Waals surface area contributed by atoms with E-state index in [1.54, 1.807) is 0 Å². The highest BCUT2D eigenvalue weighted by molar-refractivity contribution is 8.00. The van der Waals surface area contributed by atoms with E-state index in [4.69, 9.17) is 5.73 Å². The lowest BCUT2D eigenvalue weighted by molar-refractivity contribution is 0.423. The summed E-state index contributed by atoms with van der Waals surface area (Å²) in [5.74, 6) is 2.14. The van der Waals surface area contributed by atoms with E-state index in [0.717, 1.165) is 30.8 Å². The van der Waals surface area contributed by atoms with Crippen LogP contribution in [0.15, 0.2) is 48.5 Å². The molecule has 0 aliphatic carbocycles. The normalized spacial score (nSPS) is 20.1. The molecule has 3 rings (SSSR count). The van der Waals surface area contributed by atoms with Crippen molar-refractivity contribution < 1.29 is 0 Å². The van der Waals surface area contributed by atoms with Crippen LogP contribution >= 0.6 is 23.5 Å². The van der Waals surface area contributed by atoms with Gasteiger partial charge in [-0.3, -0.25) is 0 Å². The first kappa shape index (κ1) is 25.7. The van der Waals surface area contributed by atoms with Gasteiger partial charge in [-0.2, -0.15) is 23.5 Å². The molecule has 0 saturated heterocycles. The Balaban J connectivity index is 1.74. The second-order valence-corrected chi connectivity index (χ2v) is 14.8. The molecule has 32 heavy (non-hydrogen) atoms. The minimum Gasteiger partial charge on any atom is -0.327 e. The molecule has 2 aromatic rings. The van der Waals surface area contributed by atoms with Gasteiger partial charge in [-0.05, 0) is 41.5 Å². The number of nitrogens with one attached hydrogen (secondary N) is 1. The van der Waals surface area contributed by atoms with E-state index in [9.17, 15) is 0 Å². The van der Waals surface area contributed by atoms with Gasteiger partial charge in [0.05, 0.1) is 0 Å². The molecule has 0 bridgehead atoms. The molecular formula is C28H42N2S2. The summed E-state index contributed by atoms with van der Waals surface area (Å²) < 4.78 is 0.550. The molecule has 176 valence electrons. The van der Waals surface area contributed by atoms with Crippen molar-refractivity contribution in [2.24, 2.45) is 5.73 Å². The van der Waals surface area contributed by atoms with Crippen molar-refractivity contribution in [2.45, 2.75) is 88.4 Å². The molecule has 3 atom stereocenters. The highest BCUT2D eigenvalue weighted by Crippen LogP contribution is 2.32. The van der Waals surface area contributed by atoms with Crippen LogP contribution in [0.5, 0.6) is 0 Å². The Bertz CT molecular complexity index is 866.